The molecule has 0 aromatic heterocycles. The van der Waals surface area contributed by atoms with Crippen LogP contribution in [0.5, 0.6) is 0 Å². The minimum absolute atomic E-state index is 0.0842. The topological polar surface area (TPSA) is 75.4 Å². The highest BCUT2D eigenvalue weighted by molar-refractivity contribution is 5.95. The van der Waals surface area contributed by atoms with Crippen molar-refractivity contribution in [2.75, 3.05) is 13.1 Å². The Bertz CT molecular complexity index is 548. The first-order chi connectivity index (χ1) is 9.99. The minimum atomic E-state index is -0.616. The number of piperidine rings is 1. The maximum absolute atomic E-state index is 13.9. The molecule has 1 aromatic rings. The summed E-state index contributed by atoms with van der Waals surface area (Å²) in [5, 5.41) is 2.53. The molecule has 114 valence electrons. The minimum Gasteiger partial charge on any atom is -0.352 e. The SMILES string of the molecule is Cc1ccc(F)c(C(=O)N2CCCCC2CNC(N)=O)c1. The summed E-state index contributed by atoms with van der Waals surface area (Å²) >= 11 is 0. The standard InChI is InChI=1S/C15H20FN3O2/c1-10-5-6-13(16)12(8-10)14(20)19-7-3-2-4-11(19)9-18-15(17)21/h5-6,8,11H,2-4,7,9H2,1H3,(H3,17,18,21). The highest BCUT2D eigenvalue weighted by Crippen LogP contribution is 2.21. The van der Waals surface area contributed by atoms with E-state index in [0.717, 1.165) is 24.8 Å². The highest BCUT2D eigenvalue weighted by atomic mass is 19.1. The first-order valence-electron chi connectivity index (χ1n) is 7.09. The molecule has 3 N–H and O–H groups in total. The molecule has 1 saturated heterocycles. The molecular weight excluding hydrogens is 273 g/mol. The Kier molecular flexibility index (Phi) is 4.77. The molecule has 1 aliphatic rings. The van der Waals surface area contributed by atoms with E-state index in [-0.39, 0.29) is 17.5 Å². The van der Waals surface area contributed by atoms with Gasteiger partial charge in [0, 0.05) is 19.1 Å². The van der Waals surface area contributed by atoms with Crippen LogP contribution in [-0.4, -0.2) is 36.0 Å². The third-order valence-electron chi connectivity index (χ3n) is 3.75. The van der Waals surface area contributed by atoms with Crippen molar-refractivity contribution in [3.05, 3.63) is 35.1 Å². The van der Waals surface area contributed by atoms with Gasteiger partial charge in [-0.05, 0) is 38.3 Å². The molecule has 2 rings (SSSR count). The monoisotopic (exact) mass is 293 g/mol. The van der Waals surface area contributed by atoms with Crippen molar-refractivity contribution in [3.8, 4) is 0 Å². The zero-order valence-electron chi connectivity index (χ0n) is 12.1. The molecule has 3 amide bonds. The fraction of sp³-hybridized carbons (Fsp3) is 0.467. The zero-order valence-corrected chi connectivity index (χ0v) is 12.1. The normalized spacial score (nSPS) is 18.4. The van der Waals surface area contributed by atoms with Crippen LogP contribution in [0.4, 0.5) is 9.18 Å². The van der Waals surface area contributed by atoms with Crippen LogP contribution >= 0.6 is 0 Å². The van der Waals surface area contributed by atoms with Gasteiger partial charge in [0.1, 0.15) is 5.82 Å². The molecule has 21 heavy (non-hydrogen) atoms. The van der Waals surface area contributed by atoms with E-state index in [1.165, 1.54) is 6.07 Å². The number of amides is 3. The van der Waals surface area contributed by atoms with Crippen LogP contribution < -0.4 is 11.1 Å². The molecule has 1 unspecified atom stereocenters. The number of urea groups is 1. The average Bonchev–Trinajstić information content (AvgIpc) is 2.47. The first kappa shape index (κ1) is 15.3. The molecule has 0 spiro atoms. The van der Waals surface area contributed by atoms with Crippen LogP contribution in [0, 0.1) is 12.7 Å². The summed E-state index contributed by atoms with van der Waals surface area (Å²) in [6.45, 7) is 2.68. The number of benzene rings is 1. The summed E-state index contributed by atoms with van der Waals surface area (Å²) in [7, 11) is 0. The number of nitrogens with two attached hydrogens (primary N) is 1. The Hall–Kier alpha value is -2.11. The molecule has 0 aliphatic carbocycles. The molecule has 0 saturated carbocycles. The van der Waals surface area contributed by atoms with Gasteiger partial charge >= 0.3 is 6.03 Å². The summed E-state index contributed by atoms with van der Waals surface area (Å²) < 4.78 is 13.9. The molecule has 6 heteroatoms. The maximum atomic E-state index is 13.9. The van der Waals surface area contributed by atoms with Crippen molar-refractivity contribution in [2.45, 2.75) is 32.2 Å². The summed E-state index contributed by atoms with van der Waals surface area (Å²) in [5.41, 5.74) is 5.99. The van der Waals surface area contributed by atoms with Gasteiger partial charge in [-0.2, -0.15) is 0 Å². The number of likely N-dealkylation sites (tertiary alicyclic amines) is 1. The lowest BCUT2D eigenvalue weighted by Crippen LogP contribution is -2.50. The Morgan fingerprint density at radius 2 is 2.19 bits per heavy atom. The van der Waals surface area contributed by atoms with Gasteiger partial charge in [0.2, 0.25) is 0 Å². The summed E-state index contributed by atoms with van der Waals surface area (Å²) in [6, 6.07) is 3.75. The van der Waals surface area contributed by atoms with Gasteiger partial charge in [-0.3, -0.25) is 4.79 Å². The molecule has 1 aromatic carbocycles. The van der Waals surface area contributed by atoms with Gasteiger partial charge in [-0.1, -0.05) is 11.6 Å². The van der Waals surface area contributed by atoms with E-state index in [0.29, 0.717) is 13.1 Å². The van der Waals surface area contributed by atoms with Gasteiger partial charge in [0.05, 0.1) is 5.56 Å². The van der Waals surface area contributed by atoms with Crippen molar-refractivity contribution in [2.24, 2.45) is 5.73 Å². The van der Waals surface area contributed by atoms with Crippen molar-refractivity contribution >= 4 is 11.9 Å². The third-order valence-corrected chi connectivity index (χ3v) is 3.75. The predicted octanol–water partition coefficient (Wildman–Crippen LogP) is 1.80. The first-order valence-corrected chi connectivity index (χ1v) is 7.09. The Morgan fingerprint density at radius 1 is 1.43 bits per heavy atom. The van der Waals surface area contributed by atoms with Gasteiger partial charge in [-0.25, -0.2) is 9.18 Å². The molecule has 1 heterocycles. The van der Waals surface area contributed by atoms with Gasteiger partial charge < -0.3 is 16.0 Å². The number of rotatable bonds is 3. The molecule has 5 nitrogen and oxygen atoms in total. The van der Waals surface area contributed by atoms with Crippen molar-refractivity contribution in [1.29, 1.82) is 0 Å². The molecule has 1 atom stereocenters. The fourth-order valence-corrected chi connectivity index (χ4v) is 2.66. The van der Waals surface area contributed by atoms with Crippen LogP contribution in [0.1, 0.15) is 35.2 Å². The van der Waals surface area contributed by atoms with E-state index in [1.807, 2.05) is 6.92 Å². The lowest BCUT2D eigenvalue weighted by Gasteiger charge is -2.36. The zero-order chi connectivity index (χ0) is 15.4. The van der Waals surface area contributed by atoms with E-state index < -0.39 is 11.8 Å². The van der Waals surface area contributed by atoms with Gasteiger partial charge in [-0.15, -0.1) is 0 Å². The Balaban J connectivity index is 2.18. The van der Waals surface area contributed by atoms with Crippen molar-refractivity contribution in [3.63, 3.8) is 0 Å². The molecular formula is C15H20FN3O2. The number of carbonyl (C=O) groups excluding carboxylic acids is 2. The second-order valence-corrected chi connectivity index (χ2v) is 5.38. The van der Waals surface area contributed by atoms with E-state index >= 15 is 0 Å². The fourth-order valence-electron chi connectivity index (χ4n) is 2.66. The maximum Gasteiger partial charge on any atom is 0.312 e. The third kappa shape index (κ3) is 3.71. The number of aryl methyl sites for hydroxylation is 1. The predicted molar refractivity (Wildman–Crippen MR) is 77.4 cm³/mol. The molecule has 0 bridgehead atoms. The summed E-state index contributed by atoms with van der Waals surface area (Å²) in [5.74, 6) is -0.843. The Labute approximate surface area is 123 Å². The van der Waals surface area contributed by atoms with Crippen LogP contribution in [-0.2, 0) is 0 Å². The number of halogens is 1. The molecule has 1 aliphatic heterocycles. The Morgan fingerprint density at radius 3 is 2.90 bits per heavy atom. The van der Waals surface area contributed by atoms with Gasteiger partial charge in [0.25, 0.3) is 5.91 Å². The number of nitrogens with one attached hydrogen (secondary N) is 1. The van der Waals surface area contributed by atoms with Crippen LogP contribution in [0.3, 0.4) is 0 Å². The van der Waals surface area contributed by atoms with Crippen molar-refractivity contribution in [1.82, 2.24) is 10.2 Å². The number of hydrogen-bond acceptors (Lipinski definition) is 2. The number of hydrogen-bond donors (Lipinski definition) is 2. The lowest BCUT2D eigenvalue weighted by atomic mass is 10.00. The van der Waals surface area contributed by atoms with E-state index in [4.69, 9.17) is 5.73 Å². The second-order valence-electron chi connectivity index (χ2n) is 5.38. The smallest absolute Gasteiger partial charge is 0.312 e. The molecule has 1 fully saturated rings. The largest absolute Gasteiger partial charge is 0.352 e. The quantitative estimate of drug-likeness (QED) is 0.891. The summed E-state index contributed by atoms with van der Waals surface area (Å²) in [6.07, 6.45) is 2.64. The molecule has 0 radical (unpaired) electrons. The second kappa shape index (κ2) is 6.56. The van der Waals surface area contributed by atoms with E-state index in [2.05, 4.69) is 5.32 Å². The van der Waals surface area contributed by atoms with Crippen LogP contribution in [0.15, 0.2) is 18.2 Å². The summed E-state index contributed by atoms with van der Waals surface area (Å²) in [4.78, 5) is 25.0. The van der Waals surface area contributed by atoms with E-state index in [9.17, 15) is 14.0 Å². The highest BCUT2D eigenvalue weighted by Gasteiger charge is 2.29. The number of nitrogens with zero attached hydrogens (tertiary/aromatic N) is 1. The van der Waals surface area contributed by atoms with E-state index in [1.54, 1.807) is 17.0 Å². The lowest BCUT2D eigenvalue weighted by molar-refractivity contribution is 0.0610. The number of primary amides is 1. The van der Waals surface area contributed by atoms with Crippen LogP contribution in [0.2, 0.25) is 0 Å². The number of carbonyl (C=O) groups is 2. The van der Waals surface area contributed by atoms with Crippen LogP contribution in [0.25, 0.3) is 0 Å². The van der Waals surface area contributed by atoms with Gasteiger partial charge in [0.15, 0.2) is 0 Å². The average molecular weight is 293 g/mol. The van der Waals surface area contributed by atoms with Crippen molar-refractivity contribution < 1.29 is 14.0 Å².